The highest BCUT2D eigenvalue weighted by Gasteiger charge is 2.43. The first-order valence-corrected chi connectivity index (χ1v) is 12.6. The summed E-state index contributed by atoms with van der Waals surface area (Å²) in [6.07, 6.45) is 5.60. The Bertz CT molecular complexity index is 1170. The van der Waals surface area contributed by atoms with Crippen LogP contribution in [0.25, 0.3) is 0 Å². The largest absolute Gasteiger partial charge is 0.443 e. The number of rotatable bonds is 9. The smallest absolute Gasteiger partial charge is 0.324 e. The fourth-order valence-electron chi connectivity index (χ4n) is 4.25. The molecule has 0 aliphatic carbocycles. The summed E-state index contributed by atoms with van der Waals surface area (Å²) in [6.45, 7) is 7.09. The number of hydrogen-bond acceptors (Lipinski definition) is 7. The Morgan fingerprint density at radius 2 is 1.95 bits per heavy atom. The van der Waals surface area contributed by atoms with Gasteiger partial charge in [-0.1, -0.05) is 38.1 Å². The predicted molar refractivity (Wildman–Crippen MR) is 139 cm³/mol. The number of piperidine rings is 1. The minimum absolute atomic E-state index is 0.0377. The second kappa shape index (κ2) is 12.5. The molecule has 2 unspecified atom stereocenters. The average Bonchev–Trinajstić information content (AvgIpc) is 3.21. The summed E-state index contributed by atoms with van der Waals surface area (Å²) in [5, 5.41) is 5.53. The average molecular weight is 526 g/mol. The van der Waals surface area contributed by atoms with Crippen molar-refractivity contribution in [2.45, 2.75) is 65.7 Å². The third-order valence-electron chi connectivity index (χ3n) is 6.56. The molecule has 1 aromatic rings. The van der Waals surface area contributed by atoms with Crippen LogP contribution in [0.5, 0.6) is 0 Å². The lowest BCUT2D eigenvalue weighted by Crippen LogP contribution is -2.55. The molecule has 204 valence electrons. The van der Waals surface area contributed by atoms with Crippen LogP contribution in [0.4, 0.5) is 4.79 Å². The quantitative estimate of drug-likeness (QED) is 0.253. The normalized spacial score (nSPS) is 18.7. The Hall–Kier alpha value is -3.99. The number of nitrogens with one attached hydrogen (secondary N) is 2. The van der Waals surface area contributed by atoms with Crippen molar-refractivity contribution in [3.8, 4) is 0 Å². The van der Waals surface area contributed by atoms with Crippen LogP contribution in [-0.4, -0.2) is 58.3 Å². The van der Waals surface area contributed by atoms with E-state index in [1.54, 1.807) is 38.1 Å². The van der Waals surface area contributed by atoms with Crippen molar-refractivity contribution >= 4 is 29.7 Å². The van der Waals surface area contributed by atoms with Gasteiger partial charge in [0.25, 0.3) is 11.8 Å². The van der Waals surface area contributed by atoms with Gasteiger partial charge in [-0.25, -0.2) is 9.69 Å². The maximum absolute atomic E-state index is 13.2. The summed E-state index contributed by atoms with van der Waals surface area (Å²) in [7, 11) is 0. The minimum atomic E-state index is -0.872. The summed E-state index contributed by atoms with van der Waals surface area (Å²) in [5.74, 6) is -2.24. The highest BCUT2D eigenvalue weighted by atomic mass is 16.5. The van der Waals surface area contributed by atoms with Crippen molar-refractivity contribution in [3.05, 3.63) is 58.8 Å². The Morgan fingerprint density at radius 1 is 1.21 bits per heavy atom. The molecule has 11 heteroatoms. The van der Waals surface area contributed by atoms with E-state index in [2.05, 4.69) is 10.6 Å². The summed E-state index contributed by atoms with van der Waals surface area (Å²) < 4.78 is 5.12. The van der Waals surface area contributed by atoms with E-state index in [0.717, 1.165) is 16.0 Å². The molecule has 1 fully saturated rings. The highest BCUT2D eigenvalue weighted by molar-refractivity contribution is 6.05. The first kappa shape index (κ1) is 28.6. The third kappa shape index (κ3) is 6.46. The van der Waals surface area contributed by atoms with E-state index in [9.17, 15) is 24.0 Å². The van der Waals surface area contributed by atoms with Gasteiger partial charge < -0.3 is 26.0 Å². The van der Waals surface area contributed by atoms with Crippen molar-refractivity contribution in [1.29, 1.82) is 0 Å². The number of likely N-dealkylation sites (tertiary alicyclic amines) is 1. The van der Waals surface area contributed by atoms with E-state index < -0.39 is 36.6 Å². The molecule has 11 nitrogen and oxygen atoms in total. The maximum atomic E-state index is 13.2. The molecule has 1 saturated heterocycles. The van der Waals surface area contributed by atoms with Crippen LogP contribution < -0.4 is 16.4 Å². The van der Waals surface area contributed by atoms with Gasteiger partial charge in [-0.3, -0.25) is 19.2 Å². The second-order valence-electron chi connectivity index (χ2n) is 9.55. The molecule has 0 saturated carbocycles. The zero-order valence-electron chi connectivity index (χ0n) is 22.2. The Labute approximate surface area is 222 Å². The molecule has 2 atom stereocenters. The van der Waals surface area contributed by atoms with E-state index in [-0.39, 0.29) is 43.8 Å². The van der Waals surface area contributed by atoms with Gasteiger partial charge in [-0.15, -0.1) is 0 Å². The molecule has 0 spiro atoms. The molecule has 4 N–H and O–H groups in total. The molecule has 1 aromatic carbocycles. The number of nitrogens with zero attached hydrogens (tertiary/aromatic N) is 2. The number of nitrogens with two attached hydrogens (primary N) is 1. The first-order valence-electron chi connectivity index (χ1n) is 12.6. The van der Waals surface area contributed by atoms with Gasteiger partial charge in [0, 0.05) is 30.8 Å². The van der Waals surface area contributed by atoms with Crippen molar-refractivity contribution in [3.63, 3.8) is 0 Å². The Morgan fingerprint density at radius 3 is 2.61 bits per heavy atom. The van der Waals surface area contributed by atoms with E-state index in [1.807, 2.05) is 26.0 Å². The lowest BCUT2D eigenvalue weighted by atomic mass is 10.0. The molecule has 0 aromatic heterocycles. The van der Waals surface area contributed by atoms with Crippen LogP contribution in [0.15, 0.2) is 42.1 Å². The van der Waals surface area contributed by atoms with Crippen LogP contribution in [-0.2, 0) is 32.2 Å². The molecule has 0 bridgehead atoms. The van der Waals surface area contributed by atoms with Gasteiger partial charge in [0.15, 0.2) is 6.73 Å². The Balaban J connectivity index is 1.64. The molecular weight excluding hydrogens is 490 g/mol. The van der Waals surface area contributed by atoms with Crippen LogP contribution in [0.3, 0.4) is 0 Å². The van der Waals surface area contributed by atoms with E-state index in [4.69, 9.17) is 10.5 Å². The zero-order chi connectivity index (χ0) is 28.0. The lowest BCUT2D eigenvalue weighted by Gasteiger charge is -2.35. The number of allylic oxidation sites excluding steroid dienone is 3. The summed E-state index contributed by atoms with van der Waals surface area (Å²) >= 11 is 0. The van der Waals surface area contributed by atoms with Gasteiger partial charge in [0.2, 0.25) is 5.91 Å². The number of imide groups is 1. The first-order chi connectivity index (χ1) is 18.1. The van der Waals surface area contributed by atoms with E-state index in [1.165, 1.54) is 4.90 Å². The zero-order valence-corrected chi connectivity index (χ0v) is 22.2. The van der Waals surface area contributed by atoms with Gasteiger partial charge in [0.1, 0.15) is 12.1 Å². The Kier molecular flexibility index (Phi) is 9.40. The molecule has 0 radical (unpaired) electrons. The standard InChI is InChI=1S/C27H35N5O6/c1-5-7-19(6-2)30-27(37)29-13-17-8-9-20-18(12-17)14-31(24(20)34)21-10-11-22(33)32(25(21)35)15-38-26(36)23(28)16(3)4/h5-9,12,16,21,23H,10-11,13-15,28H2,1-4H3,(H2,29,30,37)/b7-5-,19-6+. The van der Waals surface area contributed by atoms with Gasteiger partial charge >= 0.3 is 12.0 Å². The van der Waals surface area contributed by atoms with Gasteiger partial charge in [-0.05, 0) is 49.5 Å². The SMILES string of the molecule is C/C=C\C(=C/C)NC(=O)NCc1ccc2c(c1)CN(C1CCC(=O)N(COC(=O)C(N)C(C)C)C1=O)C2=O. The van der Waals surface area contributed by atoms with Crippen molar-refractivity contribution in [2.75, 3.05) is 6.73 Å². The number of carbonyl (C=O) groups excluding carboxylic acids is 5. The molecule has 2 heterocycles. The number of amides is 5. The molecule has 3 rings (SSSR count). The van der Waals surface area contributed by atoms with Crippen molar-refractivity contribution < 1.29 is 28.7 Å². The number of fused-ring (bicyclic) bond motifs is 1. The molecule has 2 aliphatic heterocycles. The maximum Gasteiger partial charge on any atom is 0.324 e. The topological polar surface area (TPSA) is 151 Å². The summed E-state index contributed by atoms with van der Waals surface area (Å²) in [6, 6.07) is 3.16. The van der Waals surface area contributed by atoms with Crippen LogP contribution in [0.2, 0.25) is 0 Å². The van der Waals surface area contributed by atoms with Crippen LogP contribution in [0, 0.1) is 5.92 Å². The monoisotopic (exact) mass is 525 g/mol. The van der Waals surface area contributed by atoms with E-state index >= 15 is 0 Å². The number of urea groups is 1. The lowest BCUT2D eigenvalue weighted by molar-refractivity contribution is -0.165. The molecule has 5 amide bonds. The number of esters is 1. The molecular formula is C27H35N5O6. The van der Waals surface area contributed by atoms with Crippen LogP contribution >= 0.6 is 0 Å². The van der Waals surface area contributed by atoms with E-state index in [0.29, 0.717) is 11.3 Å². The number of hydrogen-bond donors (Lipinski definition) is 3. The van der Waals surface area contributed by atoms with Crippen LogP contribution in [0.1, 0.15) is 62.0 Å². The van der Waals surface area contributed by atoms with Crippen molar-refractivity contribution in [2.24, 2.45) is 11.7 Å². The number of benzene rings is 1. The highest BCUT2D eigenvalue weighted by Crippen LogP contribution is 2.29. The summed E-state index contributed by atoms with van der Waals surface area (Å²) in [5.41, 5.74) is 8.43. The predicted octanol–water partition coefficient (Wildman–Crippen LogP) is 1.92. The fourth-order valence-corrected chi connectivity index (χ4v) is 4.25. The van der Waals surface area contributed by atoms with Gasteiger partial charge in [-0.2, -0.15) is 0 Å². The summed E-state index contributed by atoms with van der Waals surface area (Å²) in [4.78, 5) is 65.3. The molecule has 38 heavy (non-hydrogen) atoms. The number of carbonyl (C=O) groups is 5. The van der Waals surface area contributed by atoms with Gasteiger partial charge in [0.05, 0.1) is 0 Å². The third-order valence-corrected chi connectivity index (χ3v) is 6.56. The molecule has 2 aliphatic rings. The number of ether oxygens (including phenoxy) is 1. The fraction of sp³-hybridized carbons (Fsp3) is 0.444. The van der Waals surface area contributed by atoms with Crippen molar-refractivity contribution in [1.82, 2.24) is 20.4 Å². The second-order valence-corrected chi connectivity index (χ2v) is 9.55. The minimum Gasteiger partial charge on any atom is -0.443 e.